The normalized spacial score (nSPS) is 34.9. The largest absolute Gasteiger partial charge is 0.394 e. The summed E-state index contributed by atoms with van der Waals surface area (Å²) in [5, 5.41) is 14.9. The highest BCUT2D eigenvalue weighted by atomic mass is 16.5. The molecule has 2 heterocycles. The molecule has 0 aromatic rings. The molecule has 19 heavy (non-hydrogen) atoms. The second-order valence-corrected chi connectivity index (χ2v) is 4.67. The highest BCUT2D eigenvalue weighted by molar-refractivity contribution is 5.97. The quantitative estimate of drug-likeness (QED) is 0.423. The second-order valence-electron chi connectivity index (χ2n) is 4.67. The van der Waals surface area contributed by atoms with Crippen LogP contribution >= 0.6 is 0 Å². The third-order valence-electron chi connectivity index (χ3n) is 3.34. The molecule has 0 bridgehead atoms. The summed E-state index contributed by atoms with van der Waals surface area (Å²) >= 11 is 0. The maximum atomic E-state index is 11.7. The number of carbonyl (C=O) groups excluding carboxylic acids is 2. The number of hydrogen-bond donors (Lipinski definition) is 2. The molecule has 0 saturated carbocycles. The first kappa shape index (κ1) is 13.6. The fourth-order valence-electron chi connectivity index (χ4n) is 2.27. The molecule has 104 valence electrons. The molecule has 2 N–H and O–H groups in total. The molecular weight excluding hydrogens is 254 g/mol. The van der Waals surface area contributed by atoms with Crippen LogP contribution in [0.5, 0.6) is 0 Å². The van der Waals surface area contributed by atoms with Crippen molar-refractivity contribution in [1.29, 1.82) is 0 Å². The first-order valence-electron chi connectivity index (χ1n) is 5.98. The first-order valence-corrected chi connectivity index (χ1v) is 5.98. The number of hydrogen-bond acceptors (Lipinski definition) is 5. The lowest BCUT2D eigenvalue weighted by Gasteiger charge is -2.34. The highest BCUT2D eigenvalue weighted by Gasteiger charge is 2.42. The molecule has 2 fully saturated rings. The van der Waals surface area contributed by atoms with Gasteiger partial charge in [0.2, 0.25) is 5.91 Å². The average molecular weight is 269 g/mol. The van der Waals surface area contributed by atoms with Gasteiger partial charge in [-0.05, 0) is 5.53 Å². The van der Waals surface area contributed by atoms with E-state index in [9.17, 15) is 9.59 Å². The van der Waals surface area contributed by atoms with E-state index in [0.29, 0.717) is 6.42 Å². The van der Waals surface area contributed by atoms with Gasteiger partial charge in [-0.25, -0.2) is 4.79 Å². The molecule has 2 rings (SSSR count). The van der Waals surface area contributed by atoms with E-state index in [-0.39, 0.29) is 25.0 Å². The number of nitrogens with zero attached hydrogens (tertiary/aromatic N) is 4. The zero-order valence-electron chi connectivity index (χ0n) is 10.4. The minimum Gasteiger partial charge on any atom is -0.394 e. The molecule has 0 spiro atoms. The SMILES string of the molecule is CC1CN([C@H]2C[C@@H](N=[N+]=[N-])[C@@H](CO)O2)C(=O)NC1=O. The Labute approximate surface area is 109 Å². The number of urea groups is 1. The molecule has 9 heteroatoms. The number of amides is 3. The molecule has 4 atom stereocenters. The standard InChI is InChI=1S/C10H15N5O4/c1-5-3-15(10(18)12-9(5)17)8-2-6(13-14-11)7(4-16)19-8/h5-8,16H,2-4H2,1H3,(H,12,17,18)/t5?,6-,7-,8-/m1/s1. The number of ether oxygens (including phenoxy) is 1. The number of carbonyl (C=O) groups is 2. The predicted octanol–water partition coefficient (Wildman–Crippen LogP) is -0.0395. The highest BCUT2D eigenvalue weighted by Crippen LogP contribution is 2.27. The number of aliphatic hydroxyl groups excluding tert-OH is 1. The van der Waals surface area contributed by atoms with E-state index in [0.717, 1.165) is 0 Å². The molecule has 0 aromatic carbocycles. The van der Waals surface area contributed by atoms with Gasteiger partial charge in [-0.15, -0.1) is 0 Å². The molecule has 2 aliphatic heterocycles. The molecule has 2 aliphatic rings. The number of rotatable bonds is 3. The van der Waals surface area contributed by atoms with Crippen LogP contribution in [0.4, 0.5) is 4.79 Å². The average Bonchev–Trinajstić information content (AvgIpc) is 2.77. The van der Waals surface area contributed by atoms with Crippen molar-refractivity contribution in [2.45, 2.75) is 31.7 Å². The number of imide groups is 1. The predicted molar refractivity (Wildman–Crippen MR) is 62.7 cm³/mol. The molecule has 0 radical (unpaired) electrons. The summed E-state index contributed by atoms with van der Waals surface area (Å²) in [6.07, 6.45) is -0.909. The summed E-state index contributed by atoms with van der Waals surface area (Å²) in [6, 6.07) is -1.04. The summed E-state index contributed by atoms with van der Waals surface area (Å²) < 4.78 is 5.51. The third kappa shape index (κ3) is 2.62. The van der Waals surface area contributed by atoms with E-state index >= 15 is 0 Å². The van der Waals surface area contributed by atoms with Gasteiger partial charge in [-0.1, -0.05) is 12.0 Å². The van der Waals surface area contributed by atoms with Crippen LogP contribution in [0.1, 0.15) is 13.3 Å². The minimum absolute atomic E-state index is 0.246. The smallest absolute Gasteiger partial charge is 0.326 e. The molecule has 0 aliphatic carbocycles. The molecule has 0 aromatic heterocycles. The van der Waals surface area contributed by atoms with Gasteiger partial charge in [0, 0.05) is 17.9 Å². The topological polar surface area (TPSA) is 128 Å². The Kier molecular flexibility index (Phi) is 3.89. The van der Waals surface area contributed by atoms with E-state index in [4.69, 9.17) is 15.4 Å². The van der Waals surface area contributed by atoms with E-state index in [1.54, 1.807) is 6.92 Å². The van der Waals surface area contributed by atoms with Crippen LogP contribution < -0.4 is 5.32 Å². The first-order chi connectivity index (χ1) is 9.06. The fourth-order valence-corrected chi connectivity index (χ4v) is 2.27. The Morgan fingerprint density at radius 3 is 3.00 bits per heavy atom. The summed E-state index contributed by atoms with van der Waals surface area (Å²) in [4.78, 5) is 27.2. The van der Waals surface area contributed by atoms with E-state index in [2.05, 4.69) is 15.3 Å². The summed E-state index contributed by atoms with van der Waals surface area (Å²) in [7, 11) is 0. The Morgan fingerprint density at radius 1 is 1.63 bits per heavy atom. The molecule has 2 saturated heterocycles. The Hall–Kier alpha value is -1.83. The van der Waals surface area contributed by atoms with E-state index < -0.39 is 24.4 Å². The van der Waals surface area contributed by atoms with Crippen molar-refractivity contribution >= 4 is 11.9 Å². The summed E-state index contributed by atoms with van der Waals surface area (Å²) in [5.74, 6) is -0.642. The monoisotopic (exact) mass is 269 g/mol. The Bertz CT molecular complexity index is 436. The molecule has 1 unspecified atom stereocenters. The lowest BCUT2D eigenvalue weighted by Crippen LogP contribution is -2.57. The van der Waals surface area contributed by atoms with Crippen LogP contribution in [0.15, 0.2) is 5.11 Å². The van der Waals surface area contributed by atoms with E-state index in [1.165, 1.54) is 4.90 Å². The molecule has 3 amide bonds. The van der Waals surface area contributed by atoms with Crippen LogP contribution in [0.25, 0.3) is 10.4 Å². The van der Waals surface area contributed by atoms with Gasteiger partial charge in [0.1, 0.15) is 6.23 Å². The zero-order chi connectivity index (χ0) is 14.0. The maximum Gasteiger partial charge on any atom is 0.326 e. The van der Waals surface area contributed by atoms with Crippen LogP contribution in [0.3, 0.4) is 0 Å². The van der Waals surface area contributed by atoms with Crippen molar-refractivity contribution in [2.75, 3.05) is 13.2 Å². The Balaban J connectivity index is 2.08. The van der Waals surface area contributed by atoms with Crippen molar-refractivity contribution in [2.24, 2.45) is 11.0 Å². The van der Waals surface area contributed by atoms with Gasteiger partial charge in [0.25, 0.3) is 0 Å². The Morgan fingerprint density at radius 2 is 2.37 bits per heavy atom. The van der Waals surface area contributed by atoms with Crippen LogP contribution in [0.2, 0.25) is 0 Å². The van der Waals surface area contributed by atoms with Crippen LogP contribution in [0, 0.1) is 5.92 Å². The van der Waals surface area contributed by atoms with Crippen LogP contribution in [-0.2, 0) is 9.53 Å². The van der Waals surface area contributed by atoms with Gasteiger partial charge in [-0.2, -0.15) is 0 Å². The molecule has 9 nitrogen and oxygen atoms in total. The lowest BCUT2D eigenvalue weighted by atomic mass is 10.1. The summed E-state index contributed by atoms with van der Waals surface area (Å²) in [5.41, 5.74) is 8.45. The lowest BCUT2D eigenvalue weighted by molar-refractivity contribution is -0.128. The van der Waals surface area contributed by atoms with Gasteiger partial charge < -0.3 is 9.84 Å². The third-order valence-corrected chi connectivity index (χ3v) is 3.34. The fraction of sp³-hybridized carbons (Fsp3) is 0.800. The zero-order valence-corrected chi connectivity index (χ0v) is 10.4. The number of azide groups is 1. The van der Waals surface area contributed by atoms with Gasteiger partial charge >= 0.3 is 6.03 Å². The van der Waals surface area contributed by atoms with Crippen molar-refractivity contribution < 1.29 is 19.4 Å². The summed E-state index contributed by atoms with van der Waals surface area (Å²) in [6.45, 7) is 1.67. The maximum absolute atomic E-state index is 11.7. The van der Waals surface area contributed by atoms with Crippen molar-refractivity contribution in [3.05, 3.63) is 10.4 Å². The van der Waals surface area contributed by atoms with Crippen molar-refractivity contribution in [3.8, 4) is 0 Å². The minimum atomic E-state index is -0.623. The van der Waals surface area contributed by atoms with Crippen molar-refractivity contribution in [1.82, 2.24) is 10.2 Å². The number of nitrogens with one attached hydrogen (secondary N) is 1. The molecular formula is C10H15N5O4. The van der Waals surface area contributed by atoms with Gasteiger partial charge in [0.05, 0.1) is 24.7 Å². The van der Waals surface area contributed by atoms with E-state index in [1.807, 2.05) is 0 Å². The second kappa shape index (κ2) is 5.43. The van der Waals surface area contributed by atoms with Crippen molar-refractivity contribution in [3.63, 3.8) is 0 Å². The van der Waals surface area contributed by atoms with Gasteiger partial charge in [-0.3, -0.25) is 15.0 Å². The van der Waals surface area contributed by atoms with Gasteiger partial charge in [0.15, 0.2) is 0 Å². The van der Waals surface area contributed by atoms with Crippen LogP contribution in [-0.4, -0.2) is 53.5 Å². The number of aliphatic hydroxyl groups is 1.